The molecule has 0 radical (unpaired) electrons. The Kier molecular flexibility index (Phi) is 3.17. The van der Waals surface area contributed by atoms with Gasteiger partial charge in [0.25, 0.3) is 0 Å². The Morgan fingerprint density at radius 2 is 1.47 bits per heavy atom. The Balaban J connectivity index is 1.40. The molecule has 5 fully saturated rings. The molecule has 0 spiro atoms. The largest absolute Gasteiger partial charge is 0.313 e. The van der Waals surface area contributed by atoms with Gasteiger partial charge in [-0.05, 0) is 80.5 Å². The third kappa shape index (κ3) is 2.17. The normalized spacial score (nSPS) is 46.9. The van der Waals surface area contributed by atoms with Crippen LogP contribution in [0, 0.1) is 29.1 Å². The van der Waals surface area contributed by atoms with Crippen molar-refractivity contribution in [2.75, 3.05) is 6.54 Å². The van der Waals surface area contributed by atoms with Crippen LogP contribution >= 0.6 is 0 Å². The van der Waals surface area contributed by atoms with Gasteiger partial charge in [-0.15, -0.1) is 0 Å². The van der Waals surface area contributed by atoms with E-state index in [-0.39, 0.29) is 0 Å². The topological polar surface area (TPSA) is 12.0 Å². The quantitative estimate of drug-likeness (QED) is 0.792. The Labute approximate surface area is 118 Å². The summed E-state index contributed by atoms with van der Waals surface area (Å²) in [7, 11) is 0. The molecule has 0 aromatic heterocycles. The first kappa shape index (κ1) is 12.7. The van der Waals surface area contributed by atoms with E-state index >= 15 is 0 Å². The van der Waals surface area contributed by atoms with Crippen molar-refractivity contribution in [2.24, 2.45) is 29.1 Å². The van der Waals surface area contributed by atoms with Crippen LogP contribution in [0.2, 0.25) is 0 Å². The summed E-state index contributed by atoms with van der Waals surface area (Å²) in [6.45, 7) is 3.75. The molecule has 1 heteroatoms. The number of nitrogens with one attached hydrogen (secondary N) is 1. The predicted octanol–water partition coefficient (Wildman–Crippen LogP) is 4.37. The lowest BCUT2D eigenvalue weighted by atomic mass is 9.54. The fourth-order valence-corrected chi connectivity index (χ4v) is 6.37. The van der Waals surface area contributed by atoms with Crippen LogP contribution in [0.1, 0.15) is 71.1 Å². The molecule has 108 valence electrons. The monoisotopic (exact) mass is 261 g/mol. The van der Waals surface area contributed by atoms with Crippen LogP contribution in [-0.2, 0) is 0 Å². The van der Waals surface area contributed by atoms with E-state index in [1.807, 2.05) is 0 Å². The van der Waals surface area contributed by atoms with Gasteiger partial charge in [-0.1, -0.05) is 19.8 Å². The maximum atomic E-state index is 4.10. The molecule has 19 heavy (non-hydrogen) atoms. The molecule has 5 rings (SSSR count). The second kappa shape index (κ2) is 4.76. The van der Waals surface area contributed by atoms with Gasteiger partial charge in [0.1, 0.15) is 0 Å². The van der Waals surface area contributed by atoms with Gasteiger partial charge in [0.15, 0.2) is 0 Å². The Bertz CT molecular complexity index is 301. The average Bonchev–Trinajstić information content (AvgIpc) is 2.86. The SMILES string of the molecule is CCC1(CNC2C3CC4CC(C3)CC2C4)CCCC1. The molecule has 5 aliphatic rings. The smallest absolute Gasteiger partial charge is 0.0124 e. The molecule has 0 amide bonds. The van der Waals surface area contributed by atoms with Crippen LogP contribution in [0.5, 0.6) is 0 Å². The van der Waals surface area contributed by atoms with Crippen molar-refractivity contribution in [3.8, 4) is 0 Å². The zero-order valence-electron chi connectivity index (χ0n) is 12.7. The lowest BCUT2D eigenvalue weighted by molar-refractivity contribution is -0.0174. The Morgan fingerprint density at radius 1 is 0.895 bits per heavy atom. The Morgan fingerprint density at radius 3 is 2.00 bits per heavy atom. The third-order valence-electron chi connectivity index (χ3n) is 7.35. The molecule has 0 unspecified atom stereocenters. The van der Waals surface area contributed by atoms with Crippen molar-refractivity contribution in [3.05, 3.63) is 0 Å². The highest BCUT2D eigenvalue weighted by atomic mass is 15.0. The van der Waals surface area contributed by atoms with Gasteiger partial charge in [-0.3, -0.25) is 0 Å². The first-order chi connectivity index (χ1) is 9.28. The van der Waals surface area contributed by atoms with Crippen molar-refractivity contribution < 1.29 is 0 Å². The summed E-state index contributed by atoms with van der Waals surface area (Å²) in [6.07, 6.45) is 15.2. The summed E-state index contributed by atoms with van der Waals surface area (Å²) in [6, 6.07) is 0.900. The van der Waals surface area contributed by atoms with E-state index in [4.69, 9.17) is 0 Å². The van der Waals surface area contributed by atoms with E-state index in [2.05, 4.69) is 12.2 Å². The lowest BCUT2D eigenvalue weighted by Crippen LogP contribution is -2.56. The van der Waals surface area contributed by atoms with Crippen LogP contribution in [-0.4, -0.2) is 12.6 Å². The zero-order valence-corrected chi connectivity index (χ0v) is 12.7. The maximum absolute atomic E-state index is 4.10. The van der Waals surface area contributed by atoms with Crippen molar-refractivity contribution in [3.63, 3.8) is 0 Å². The van der Waals surface area contributed by atoms with Crippen LogP contribution in [0.4, 0.5) is 0 Å². The number of rotatable bonds is 4. The summed E-state index contributed by atoms with van der Waals surface area (Å²) in [5.41, 5.74) is 0.675. The summed E-state index contributed by atoms with van der Waals surface area (Å²) >= 11 is 0. The molecule has 4 bridgehead atoms. The lowest BCUT2D eigenvalue weighted by Gasteiger charge is -2.55. The number of hydrogen-bond donors (Lipinski definition) is 1. The molecular formula is C18H31N. The van der Waals surface area contributed by atoms with Gasteiger partial charge in [-0.2, -0.15) is 0 Å². The van der Waals surface area contributed by atoms with Crippen molar-refractivity contribution in [1.82, 2.24) is 5.32 Å². The fourth-order valence-electron chi connectivity index (χ4n) is 6.37. The second-order valence-corrected chi connectivity index (χ2v) is 8.40. The van der Waals surface area contributed by atoms with Crippen LogP contribution < -0.4 is 5.32 Å². The molecule has 5 aliphatic carbocycles. The summed E-state index contributed by atoms with van der Waals surface area (Å²) in [5.74, 6) is 4.33. The fraction of sp³-hybridized carbons (Fsp3) is 1.00. The molecule has 0 aromatic carbocycles. The molecule has 5 saturated carbocycles. The van der Waals surface area contributed by atoms with Crippen LogP contribution in [0.15, 0.2) is 0 Å². The minimum absolute atomic E-state index is 0.675. The van der Waals surface area contributed by atoms with E-state index in [1.54, 1.807) is 32.1 Å². The first-order valence-corrected chi connectivity index (χ1v) is 9.01. The molecule has 0 atom stereocenters. The summed E-state index contributed by atoms with van der Waals surface area (Å²) in [4.78, 5) is 0. The highest BCUT2D eigenvalue weighted by Gasteiger charge is 2.48. The van der Waals surface area contributed by atoms with E-state index in [0.717, 1.165) is 29.7 Å². The van der Waals surface area contributed by atoms with E-state index < -0.39 is 0 Å². The molecule has 0 saturated heterocycles. The average molecular weight is 261 g/mol. The van der Waals surface area contributed by atoms with E-state index in [1.165, 1.54) is 38.6 Å². The highest BCUT2D eigenvalue weighted by molar-refractivity contribution is 5.02. The van der Waals surface area contributed by atoms with Gasteiger partial charge < -0.3 is 5.32 Å². The molecule has 1 N–H and O–H groups in total. The van der Waals surface area contributed by atoms with Crippen LogP contribution in [0.25, 0.3) is 0 Å². The molecule has 0 aromatic rings. The predicted molar refractivity (Wildman–Crippen MR) is 80.0 cm³/mol. The minimum atomic E-state index is 0.675. The second-order valence-electron chi connectivity index (χ2n) is 8.40. The van der Waals surface area contributed by atoms with E-state index in [9.17, 15) is 0 Å². The summed E-state index contributed by atoms with van der Waals surface area (Å²) < 4.78 is 0. The minimum Gasteiger partial charge on any atom is -0.313 e. The van der Waals surface area contributed by atoms with Crippen molar-refractivity contribution in [2.45, 2.75) is 77.2 Å². The molecular weight excluding hydrogens is 230 g/mol. The zero-order chi connectivity index (χ0) is 12.9. The Hall–Kier alpha value is -0.0400. The van der Waals surface area contributed by atoms with Crippen molar-refractivity contribution >= 4 is 0 Å². The van der Waals surface area contributed by atoms with Crippen molar-refractivity contribution in [1.29, 1.82) is 0 Å². The third-order valence-corrected chi connectivity index (χ3v) is 7.35. The van der Waals surface area contributed by atoms with E-state index in [0.29, 0.717) is 5.41 Å². The molecule has 0 heterocycles. The molecule has 1 nitrogen and oxygen atoms in total. The van der Waals surface area contributed by atoms with Gasteiger partial charge in [0.05, 0.1) is 0 Å². The van der Waals surface area contributed by atoms with Gasteiger partial charge in [0, 0.05) is 12.6 Å². The summed E-state index contributed by atoms with van der Waals surface area (Å²) in [5, 5.41) is 4.10. The van der Waals surface area contributed by atoms with Gasteiger partial charge >= 0.3 is 0 Å². The number of hydrogen-bond acceptors (Lipinski definition) is 1. The van der Waals surface area contributed by atoms with Crippen LogP contribution in [0.3, 0.4) is 0 Å². The molecule has 0 aliphatic heterocycles. The standard InChI is InChI=1S/C18H31N/c1-2-18(5-3-4-6-18)12-19-17-15-8-13-7-14(10-15)11-16(17)9-13/h13-17,19H,2-12H2,1H3. The van der Waals surface area contributed by atoms with Gasteiger partial charge in [-0.25, -0.2) is 0 Å². The first-order valence-electron chi connectivity index (χ1n) is 9.01. The highest BCUT2D eigenvalue weighted by Crippen LogP contribution is 2.54. The van der Waals surface area contributed by atoms with Gasteiger partial charge in [0.2, 0.25) is 0 Å². The maximum Gasteiger partial charge on any atom is 0.0124 e.